The largest absolute Gasteiger partial charge is 0.457 e. The molecule has 57 heavy (non-hydrogen) atoms. The van der Waals surface area contributed by atoms with E-state index in [1.165, 1.54) is 46.3 Å². The second kappa shape index (κ2) is 12.5. The Morgan fingerprint density at radius 1 is 0.526 bits per heavy atom. The third-order valence-corrected chi connectivity index (χ3v) is 17.6. The van der Waals surface area contributed by atoms with E-state index in [1.54, 1.807) is 0 Å². The summed E-state index contributed by atoms with van der Waals surface area (Å²) in [4.78, 5) is 12.4. The van der Waals surface area contributed by atoms with E-state index in [4.69, 9.17) is 14.7 Å². The van der Waals surface area contributed by atoms with Crippen LogP contribution in [0.1, 0.15) is 0 Å². The van der Waals surface area contributed by atoms with E-state index in [9.17, 15) is 0 Å². The number of thiophene rings is 1. The van der Waals surface area contributed by atoms with Gasteiger partial charge in [-0.1, -0.05) is 109 Å². The summed E-state index contributed by atoms with van der Waals surface area (Å²) in [6, 6.07) is 63.5. The van der Waals surface area contributed by atoms with Crippen molar-refractivity contribution in [1.82, 2.24) is 14.4 Å². The zero-order chi connectivity index (χ0) is 37.5. The van der Waals surface area contributed by atoms with E-state index in [0.29, 0.717) is 0 Å². The molecule has 0 atom stereocenters. The summed E-state index contributed by atoms with van der Waals surface area (Å²) in [6.07, 6.45) is 5.82. The van der Waals surface area contributed by atoms with Gasteiger partial charge >= 0.3 is 0 Å². The first kappa shape index (κ1) is 32.2. The summed E-state index contributed by atoms with van der Waals surface area (Å²) >= 11 is 1.87. The van der Waals surface area contributed by atoms with Gasteiger partial charge in [-0.05, 0) is 86.8 Å². The Kier molecular flexibility index (Phi) is 7.05. The number of fused-ring (bicyclic) bond motifs is 12. The molecular formula is C50H32N4OSSi. The van der Waals surface area contributed by atoms with Crippen molar-refractivity contribution < 1.29 is 4.74 Å². The fourth-order valence-corrected chi connectivity index (χ4v) is 15.8. The van der Waals surface area contributed by atoms with Crippen molar-refractivity contribution in [2.24, 2.45) is 0 Å². The highest BCUT2D eigenvalue weighted by atomic mass is 32.1. The summed E-state index contributed by atoms with van der Waals surface area (Å²) in [5.41, 5.74) is 4.17. The number of para-hydroxylation sites is 1. The van der Waals surface area contributed by atoms with Gasteiger partial charge in [0.15, 0.2) is 8.07 Å². The van der Waals surface area contributed by atoms with Gasteiger partial charge in [-0.25, -0.2) is 9.97 Å². The Balaban J connectivity index is 1.09. The predicted molar refractivity (Wildman–Crippen MR) is 239 cm³/mol. The van der Waals surface area contributed by atoms with E-state index in [0.717, 1.165) is 50.6 Å². The van der Waals surface area contributed by atoms with Crippen LogP contribution < -0.4 is 30.4 Å². The Bertz CT molecular complexity index is 3320. The highest BCUT2D eigenvalue weighted by Crippen LogP contribution is 2.44. The van der Waals surface area contributed by atoms with Gasteiger partial charge in [-0.3, -0.25) is 9.30 Å². The number of hydrogen-bond donors (Lipinski definition) is 0. The molecule has 12 rings (SSSR count). The molecule has 7 aromatic carbocycles. The molecule has 0 radical (unpaired) electrons. The van der Waals surface area contributed by atoms with E-state index < -0.39 is 8.07 Å². The summed E-state index contributed by atoms with van der Waals surface area (Å²) < 4.78 is 11.5. The third-order valence-electron chi connectivity index (χ3n) is 11.6. The Labute approximate surface area is 333 Å². The highest BCUT2D eigenvalue weighted by molar-refractivity contribution is 7.28. The minimum Gasteiger partial charge on any atom is -0.457 e. The summed E-state index contributed by atoms with van der Waals surface area (Å²) in [6.45, 7) is 0. The van der Waals surface area contributed by atoms with Crippen LogP contribution in [-0.4, -0.2) is 22.4 Å². The van der Waals surface area contributed by atoms with Crippen molar-refractivity contribution in [2.75, 3.05) is 4.90 Å². The maximum atomic E-state index is 6.75. The summed E-state index contributed by atoms with van der Waals surface area (Å²) in [5, 5.41) is 11.3. The number of imidazole rings is 1. The number of rotatable bonds is 5. The van der Waals surface area contributed by atoms with E-state index in [2.05, 4.69) is 179 Å². The molecule has 0 aliphatic carbocycles. The minimum atomic E-state index is -2.97. The molecule has 0 unspecified atom stereocenters. The topological polar surface area (TPSA) is 42.7 Å². The molecule has 7 heteroatoms. The second-order valence-corrected chi connectivity index (χ2v) is 19.3. The van der Waals surface area contributed by atoms with Crippen LogP contribution in [0.2, 0.25) is 0 Å². The molecule has 11 aromatic rings. The predicted octanol–water partition coefficient (Wildman–Crippen LogP) is 10.4. The van der Waals surface area contributed by atoms with Gasteiger partial charge in [0.2, 0.25) is 0 Å². The van der Waals surface area contributed by atoms with Crippen molar-refractivity contribution in [3.8, 4) is 11.5 Å². The molecular weight excluding hydrogens is 733 g/mol. The molecule has 0 fully saturated rings. The molecule has 0 bridgehead atoms. The van der Waals surface area contributed by atoms with E-state index in [1.807, 2.05) is 36.0 Å². The Hall–Kier alpha value is -7.06. The molecule has 0 amide bonds. The maximum absolute atomic E-state index is 6.75. The Morgan fingerprint density at radius 2 is 1.28 bits per heavy atom. The maximum Gasteiger partial charge on any atom is 0.187 e. The van der Waals surface area contributed by atoms with Gasteiger partial charge in [0.25, 0.3) is 0 Å². The van der Waals surface area contributed by atoms with Gasteiger partial charge in [-0.2, -0.15) is 0 Å². The lowest BCUT2D eigenvalue weighted by molar-refractivity contribution is 0.483. The minimum absolute atomic E-state index is 0.744. The first-order chi connectivity index (χ1) is 28.3. The standard InChI is InChI=1S/C50H32N4OSSi/c1-3-15-36(16-4-1)57(37-17-5-2-6-18-37)46-23-12-28-51-50(46)54(43-26-27-45-47(48(43)57)40-20-8-10-22-44(40)56-45)33-13-11-14-34(31-33)55-35-24-25-38-39-19-7-9-21-42(39)53-30-29-52-49(53)41(38)32-35/h1-32H. The van der Waals surface area contributed by atoms with Gasteiger partial charge in [0, 0.05) is 61.3 Å². The quantitative estimate of drug-likeness (QED) is 0.129. The first-order valence-electron chi connectivity index (χ1n) is 19.1. The number of benzene rings is 7. The molecule has 0 saturated carbocycles. The molecule has 1 aliphatic rings. The molecule has 5 nitrogen and oxygen atoms in total. The number of pyridine rings is 2. The lowest BCUT2D eigenvalue weighted by Crippen LogP contribution is -2.77. The van der Waals surface area contributed by atoms with Crippen LogP contribution in [0.3, 0.4) is 0 Å². The average molecular weight is 765 g/mol. The van der Waals surface area contributed by atoms with Crippen molar-refractivity contribution in [3.05, 3.63) is 195 Å². The van der Waals surface area contributed by atoms with Crippen molar-refractivity contribution in [2.45, 2.75) is 0 Å². The molecule has 0 N–H and O–H groups in total. The van der Waals surface area contributed by atoms with Crippen LogP contribution in [0.4, 0.5) is 17.2 Å². The number of anilines is 3. The van der Waals surface area contributed by atoms with E-state index >= 15 is 0 Å². The third kappa shape index (κ3) is 4.67. The van der Waals surface area contributed by atoms with Gasteiger partial charge in [0.1, 0.15) is 23.0 Å². The number of nitrogens with zero attached hydrogens (tertiary/aromatic N) is 4. The van der Waals surface area contributed by atoms with Crippen molar-refractivity contribution in [3.63, 3.8) is 0 Å². The number of aromatic nitrogens is 3. The van der Waals surface area contributed by atoms with Crippen LogP contribution in [0.15, 0.2) is 195 Å². The first-order valence-corrected chi connectivity index (χ1v) is 22.0. The molecule has 1 aliphatic heterocycles. The highest BCUT2D eigenvalue weighted by Gasteiger charge is 2.51. The molecule has 0 spiro atoms. The SMILES string of the molecule is c1ccc([Si]2(c3ccccc3)c3cccnc3N(c3cccc(Oc4ccc5c6ccccc6n6ccnc6c5c4)c3)c3ccc4sc5ccccc5c4c32)cc1. The fraction of sp³-hybridized carbons (Fsp3) is 0. The second-order valence-electron chi connectivity index (χ2n) is 14.6. The van der Waals surface area contributed by atoms with Gasteiger partial charge in [-0.15, -0.1) is 11.3 Å². The normalized spacial score (nSPS) is 13.4. The van der Waals surface area contributed by atoms with Crippen LogP contribution in [0.5, 0.6) is 11.5 Å². The number of ether oxygens (including phenoxy) is 1. The van der Waals surface area contributed by atoms with Crippen LogP contribution in [0.25, 0.3) is 47.5 Å². The zero-order valence-corrected chi connectivity index (χ0v) is 32.4. The van der Waals surface area contributed by atoms with Gasteiger partial charge in [0.05, 0.1) is 11.2 Å². The number of hydrogen-bond acceptors (Lipinski definition) is 5. The van der Waals surface area contributed by atoms with Crippen LogP contribution >= 0.6 is 11.3 Å². The van der Waals surface area contributed by atoms with Crippen LogP contribution in [0, 0.1) is 0 Å². The summed E-state index contributed by atoms with van der Waals surface area (Å²) in [5.74, 6) is 2.44. The zero-order valence-electron chi connectivity index (χ0n) is 30.6. The summed E-state index contributed by atoms with van der Waals surface area (Å²) in [7, 11) is -2.97. The lowest BCUT2D eigenvalue weighted by Gasteiger charge is -2.44. The van der Waals surface area contributed by atoms with Crippen LogP contribution in [-0.2, 0) is 0 Å². The fourth-order valence-electron chi connectivity index (χ4n) is 9.33. The molecule has 4 aromatic heterocycles. The van der Waals surface area contributed by atoms with Crippen molar-refractivity contribution >= 4 is 105 Å². The van der Waals surface area contributed by atoms with Crippen molar-refractivity contribution in [1.29, 1.82) is 0 Å². The monoisotopic (exact) mass is 764 g/mol. The molecule has 0 saturated heterocycles. The average Bonchev–Trinajstić information content (AvgIpc) is 3.93. The molecule has 5 heterocycles. The lowest BCUT2D eigenvalue weighted by atomic mass is 10.1. The Morgan fingerprint density at radius 3 is 2.12 bits per heavy atom. The molecule has 268 valence electrons. The van der Waals surface area contributed by atoms with Gasteiger partial charge < -0.3 is 4.74 Å². The smallest absolute Gasteiger partial charge is 0.187 e. The van der Waals surface area contributed by atoms with E-state index in [-0.39, 0.29) is 0 Å².